The third kappa shape index (κ3) is 4.08. The van der Waals surface area contributed by atoms with Gasteiger partial charge in [-0.25, -0.2) is 4.79 Å². The summed E-state index contributed by atoms with van der Waals surface area (Å²) in [4.78, 5) is 14.9. The predicted octanol–water partition coefficient (Wildman–Crippen LogP) is 3.86. The number of hydrogen-bond acceptors (Lipinski definition) is 5. The van der Waals surface area contributed by atoms with Crippen LogP contribution in [0.1, 0.15) is 34.5 Å². The normalized spacial score (nSPS) is 17.1. The van der Waals surface area contributed by atoms with E-state index in [-0.39, 0.29) is 42.9 Å². The average Bonchev–Trinajstić information content (AvgIpc) is 3.29. The maximum atomic E-state index is 13.1. The van der Waals surface area contributed by atoms with Gasteiger partial charge >= 0.3 is 6.09 Å². The molecule has 1 aliphatic carbocycles. The molecule has 0 spiro atoms. The van der Waals surface area contributed by atoms with Gasteiger partial charge in [0.25, 0.3) is 0 Å². The number of halogens is 2. The van der Waals surface area contributed by atoms with Gasteiger partial charge < -0.3 is 10.1 Å². The lowest BCUT2D eigenvalue weighted by Gasteiger charge is -2.34. The molecule has 0 saturated carbocycles. The van der Waals surface area contributed by atoms with Gasteiger partial charge in [-0.05, 0) is 29.2 Å². The Morgan fingerprint density at radius 1 is 1.09 bits per heavy atom. The molecule has 1 atom stereocenters. The third-order valence-electron chi connectivity index (χ3n) is 6.27. The largest absolute Gasteiger partial charge is 0.448 e. The van der Waals surface area contributed by atoms with Crippen molar-refractivity contribution in [1.29, 1.82) is 0 Å². The highest BCUT2D eigenvalue weighted by Gasteiger charge is 2.34. The summed E-state index contributed by atoms with van der Waals surface area (Å²) < 4.78 is 7.62. The number of aromatic nitrogens is 3. The summed E-state index contributed by atoms with van der Waals surface area (Å²) >= 11 is 0. The van der Waals surface area contributed by atoms with Gasteiger partial charge in [0.2, 0.25) is 0 Å². The highest BCUT2D eigenvalue weighted by atomic mass is 35.5. The molecule has 1 unspecified atom stereocenters. The van der Waals surface area contributed by atoms with Crippen molar-refractivity contribution in [3.05, 3.63) is 71.0 Å². The quantitative estimate of drug-likeness (QED) is 0.622. The van der Waals surface area contributed by atoms with Crippen LogP contribution >= 0.6 is 24.8 Å². The van der Waals surface area contributed by atoms with Crippen LogP contribution in [0.4, 0.5) is 4.79 Å². The topological polar surface area (TPSA) is 72.3 Å². The van der Waals surface area contributed by atoms with Crippen LogP contribution in [0.15, 0.2) is 48.5 Å². The smallest absolute Gasteiger partial charge is 0.410 e. The number of piperazine rings is 1. The lowest BCUT2D eigenvalue weighted by molar-refractivity contribution is 0.0742. The Balaban J connectivity index is 0.00000144. The molecule has 170 valence electrons. The van der Waals surface area contributed by atoms with Gasteiger partial charge in [-0.15, -0.1) is 29.9 Å². The number of carbonyl (C=O) groups is 1. The fourth-order valence-electron chi connectivity index (χ4n) is 4.57. The number of carbonyl (C=O) groups excluding carboxylic acids is 1. The number of fused-ring (bicyclic) bond motifs is 3. The first-order valence-electron chi connectivity index (χ1n) is 10.3. The van der Waals surface area contributed by atoms with Gasteiger partial charge in [0, 0.05) is 32.6 Å². The van der Waals surface area contributed by atoms with E-state index in [9.17, 15) is 4.79 Å². The van der Waals surface area contributed by atoms with Crippen molar-refractivity contribution in [2.75, 3.05) is 26.2 Å². The summed E-state index contributed by atoms with van der Waals surface area (Å²) in [6.45, 7) is 4.25. The second-order valence-electron chi connectivity index (χ2n) is 7.90. The average molecular weight is 476 g/mol. The van der Waals surface area contributed by atoms with Crippen molar-refractivity contribution in [1.82, 2.24) is 25.2 Å². The second kappa shape index (κ2) is 9.90. The Morgan fingerprint density at radius 2 is 1.72 bits per heavy atom. The number of nitrogens with one attached hydrogen (secondary N) is 1. The van der Waals surface area contributed by atoms with Gasteiger partial charge in [0.15, 0.2) is 0 Å². The molecule has 1 aliphatic heterocycles. The van der Waals surface area contributed by atoms with Crippen LogP contribution in [-0.2, 0) is 11.8 Å². The number of benzene rings is 2. The molecule has 1 saturated heterocycles. The Labute approximate surface area is 200 Å². The number of ether oxygens (including phenoxy) is 1. The van der Waals surface area contributed by atoms with E-state index < -0.39 is 0 Å². The van der Waals surface area contributed by atoms with Crippen LogP contribution in [0.5, 0.6) is 0 Å². The Morgan fingerprint density at radius 3 is 2.31 bits per heavy atom. The minimum Gasteiger partial charge on any atom is -0.448 e. The number of amides is 1. The van der Waals surface area contributed by atoms with Crippen LogP contribution in [0.2, 0.25) is 0 Å². The fraction of sp³-hybridized carbons (Fsp3) is 0.348. The van der Waals surface area contributed by atoms with Crippen LogP contribution < -0.4 is 5.32 Å². The van der Waals surface area contributed by atoms with Crippen molar-refractivity contribution in [2.24, 2.45) is 7.05 Å². The van der Waals surface area contributed by atoms with Crippen LogP contribution in [0.25, 0.3) is 11.1 Å². The van der Waals surface area contributed by atoms with E-state index >= 15 is 0 Å². The lowest BCUT2D eigenvalue weighted by atomic mass is 9.98. The molecule has 3 aromatic rings. The highest BCUT2D eigenvalue weighted by molar-refractivity contribution is 5.85. The molecule has 1 fully saturated rings. The molecule has 1 amide bonds. The molecule has 2 heterocycles. The second-order valence-corrected chi connectivity index (χ2v) is 7.90. The number of rotatable bonds is 3. The lowest BCUT2D eigenvalue weighted by Crippen LogP contribution is -2.49. The van der Waals surface area contributed by atoms with Crippen molar-refractivity contribution >= 4 is 30.9 Å². The van der Waals surface area contributed by atoms with Gasteiger partial charge in [0.05, 0.1) is 11.7 Å². The first-order valence-corrected chi connectivity index (χ1v) is 10.3. The molecular formula is C23H27Cl2N5O2. The van der Waals surface area contributed by atoms with Gasteiger partial charge in [-0.3, -0.25) is 9.58 Å². The zero-order valence-electron chi connectivity index (χ0n) is 18.0. The Hall–Kier alpha value is -2.61. The van der Waals surface area contributed by atoms with Crippen LogP contribution in [-0.4, -0.2) is 52.2 Å². The van der Waals surface area contributed by atoms with Crippen molar-refractivity contribution in [3.8, 4) is 11.1 Å². The summed E-state index contributed by atoms with van der Waals surface area (Å²) in [6, 6.07) is 16.6. The van der Waals surface area contributed by atoms with Crippen LogP contribution in [0.3, 0.4) is 0 Å². The zero-order chi connectivity index (χ0) is 20.7. The first-order chi connectivity index (χ1) is 14.6. The molecule has 1 aromatic heterocycles. The molecule has 9 heteroatoms. The van der Waals surface area contributed by atoms with E-state index in [1.54, 1.807) is 9.58 Å². The van der Waals surface area contributed by atoms with E-state index in [1.165, 1.54) is 22.3 Å². The molecule has 32 heavy (non-hydrogen) atoms. The SMILES string of the molecule is Cc1c(C2CNCCN2C(=O)OCC2c3ccccc3-c3ccccc32)nnn1C.Cl.Cl. The van der Waals surface area contributed by atoms with Crippen molar-refractivity contribution < 1.29 is 9.53 Å². The number of aryl methyl sites for hydroxylation is 1. The molecule has 5 rings (SSSR count). The van der Waals surface area contributed by atoms with Gasteiger partial charge in [-0.1, -0.05) is 53.7 Å². The predicted molar refractivity (Wildman–Crippen MR) is 128 cm³/mol. The first kappa shape index (κ1) is 24.0. The van der Waals surface area contributed by atoms with E-state index in [0.717, 1.165) is 17.9 Å². The fourth-order valence-corrected chi connectivity index (χ4v) is 4.57. The highest BCUT2D eigenvalue weighted by Crippen LogP contribution is 2.44. The Bertz CT molecular complexity index is 1060. The van der Waals surface area contributed by atoms with E-state index in [1.807, 2.05) is 26.1 Å². The third-order valence-corrected chi connectivity index (χ3v) is 6.27. The van der Waals surface area contributed by atoms with Gasteiger partial charge in [-0.2, -0.15) is 0 Å². The minimum atomic E-state index is -0.298. The molecule has 2 aromatic carbocycles. The zero-order valence-corrected chi connectivity index (χ0v) is 19.7. The monoisotopic (exact) mass is 475 g/mol. The summed E-state index contributed by atoms with van der Waals surface area (Å²) in [7, 11) is 1.86. The minimum absolute atomic E-state index is 0. The summed E-state index contributed by atoms with van der Waals surface area (Å²) in [5.41, 5.74) is 6.66. The molecule has 1 N–H and O–H groups in total. The number of hydrogen-bond donors (Lipinski definition) is 1. The summed E-state index contributed by atoms with van der Waals surface area (Å²) in [5, 5.41) is 11.7. The standard InChI is InChI=1S/C23H25N5O2.2ClH/c1-15-22(25-26-27(15)2)21-13-24-11-12-28(21)23(29)30-14-20-18-9-5-3-7-16(18)17-8-4-6-10-19(17)20;;/h3-10,20-21,24H,11-14H2,1-2H3;2*1H. The molecule has 0 bridgehead atoms. The van der Waals surface area contributed by atoms with E-state index in [0.29, 0.717) is 19.7 Å². The number of nitrogens with zero attached hydrogens (tertiary/aromatic N) is 4. The van der Waals surface area contributed by atoms with Gasteiger partial charge in [0.1, 0.15) is 12.3 Å². The molecular weight excluding hydrogens is 449 g/mol. The Kier molecular flexibility index (Phi) is 7.44. The van der Waals surface area contributed by atoms with E-state index in [2.05, 4.69) is 52.0 Å². The molecule has 7 nitrogen and oxygen atoms in total. The van der Waals surface area contributed by atoms with E-state index in [4.69, 9.17) is 4.74 Å². The summed E-state index contributed by atoms with van der Waals surface area (Å²) in [6.07, 6.45) is -0.298. The van der Waals surface area contributed by atoms with Crippen molar-refractivity contribution in [2.45, 2.75) is 18.9 Å². The molecule has 2 aliphatic rings. The maximum Gasteiger partial charge on any atom is 0.410 e. The maximum absolute atomic E-state index is 13.1. The van der Waals surface area contributed by atoms with Crippen molar-refractivity contribution in [3.63, 3.8) is 0 Å². The summed E-state index contributed by atoms with van der Waals surface area (Å²) in [5.74, 6) is 0.0565. The van der Waals surface area contributed by atoms with Crippen LogP contribution in [0, 0.1) is 6.92 Å². The molecule has 0 radical (unpaired) electrons.